The number of nitrogens with zero attached hydrogens (tertiary/aromatic N) is 2. The summed E-state index contributed by atoms with van der Waals surface area (Å²) in [6.45, 7) is 11.4. The largest absolute Gasteiger partial charge is 0.758 e. The highest BCUT2D eigenvalue weighted by Crippen LogP contribution is 2.25. The Hall–Kier alpha value is -3.50. The lowest BCUT2D eigenvalue weighted by Crippen LogP contribution is -2.36. The van der Waals surface area contributed by atoms with Gasteiger partial charge in [0.25, 0.3) is 5.69 Å². The van der Waals surface area contributed by atoms with Crippen LogP contribution in [0, 0.1) is 10.1 Å². The first-order chi connectivity index (χ1) is 15.9. The molecule has 0 radical (unpaired) electrons. The third kappa shape index (κ3) is 6.52. The minimum atomic E-state index is -0.489. The van der Waals surface area contributed by atoms with Gasteiger partial charge in [0.1, 0.15) is 0 Å². The fourth-order valence-corrected chi connectivity index (χ4v) is 3.44. The molecule has 0 N–H and O–H groups in total. The van der Waals surface area contributed by atoms with Crippen LogP contribution in [0.1, 0.15) is 63.8 Å². The molecule has 3 aromatic rings. The van der Waals surface area contributed by atoms with Crippen molar-refractivity contribution in [2.75, 3.05) is 5.06 Å². The Morgan fingerprint density at radius 1 is 0.706 bits per heavy atom. The van der Waals surface area contributed by atoms with Crippen LogP contribution in [0.25, 0.3) is 24.3 Å². The van der Waals surface area contributed by atoms with Crippen molar-refractivity contribution in [1.82, 2.24) is 0 Å². The second-order valence-corrected chi connectivity index (χ2v) is 10.4. The molecule has 0 aliphatic rings. The molecule has 0 unspecified atom stereocenters. The van der Waals surface area contributed by atoms with E-state index < -0.39 is 11.1 Å². The van der Waals surface area contributed by atoms with E-state index in [1.807, 2.05) is 114 Å². The van der Waals surface area contributed by atoms with Crippen LogP contribution in [0.2, 0.25) is 0 Å². The third-order valence-corrected chi connectivity index (χ3v) is 5.36. The smallest absolute Gasteiger partial charge is 0.256 e. The maximum atomic E-state index is 12.5. The van der Waals surface area contributed by atoms with Gasteiger partial charge in [-0.1, -0.05) is 60.7 Å². The number of hydroxylamine groups is 1. The summed E-state index contributed by atoms with van der Waals surface area (Å²) in [5.41, 5.74) is 4.49. The predicted molar refractivity (Wildman–Crippen MR) is 146 cm³/mol. The van der Waals surface area contributed by atoms with Gasteiger partial charge in [-0.25, -0.2) is 0 Å². The van der Waals surface area contributed by atoms with Crippen molar-refractivity contribution in [1.29, 1.82) is 0 Å². The summed E-state index contributed by atoms with van der Waals surface area (Å²) in [6.07, 6.45) is 8.20. The normalized spacial score (nSPS) is 12.4. The van der Waals surface area contributed by atoms with Gasteiger partial charge >= 0.3 is 0 Å². The quantitative estimate of drug-likeness (QED) is 0.214. The third-order valence-electron chi connectivity index (χ3n) is 5.36. The van der Waals surface area contributed by atoms with Crippen LogP contribution in [0.4, 0.5) is 11.4 Å². The Morgan fingerprint density at radius 2 is 1.26 bits per heavy atom. The van der Waals surface area contributed by atoms with Crippen LogP contribution in [0.15, 0.2) is 72.8 Å². The molecule has 176 valence electrons. The molecular weight excluding hydrogens is 420 g/mol. The van der Waals surface area contributed by atoms with Crippen LogP contribution < -0.4 is 5.06 Å². The van der Waals surface area contributed by atoms with Gasteiger partial charge in [-0.05, 0) is 67.3 Å². The fraction of sp³-hybridized carbons (Fsp3) is 0.267. The highest BCUT2D eigenvalue weighted by molar-refractivity contribution is 5.80. The van der Waals surface area contributed by atoms with Crippen LogP contribution in [-0.2, 0) is 0 Å². The summed E-state index contributed by atoms with van der Waals surface area (Å²) in [5.74, 6) is 0. The van der Waals surface area contributed by atoms with Crippen molar-refractivity contribution < 1.29 is 4.76 Å². The summed E-state index contributed by atoms with van der Waals surface area (Å²) in [5, 5.41) is 13.6. The zero-order valence-corrected chi connectivity index (χ0v) is 20.9. The number of rotatable bonds is 6. The van der Waals surface area contributed by atoms with Crippen molar-refractivity contribution >= 4 is 35.7 Å². The van der Waals surface area contributed by atoms with Crippen LogP contribution in [-0.4, -0.2) is 15.8 Å². The van der Waals surface area contributed by atoms with Crippen molar-refractivity contribution in [2.24, 2.45) is 0 Å². The minimum absolute atomic E-state index is 0.471. The van der Waals surface area contributed by atoms with Gasteiger partial charge in [0.05, 0.1) is 0 Å². The lowest BCUT2D eigenvalue weighted by molar-refractivity contribution is -0.540. The van der Waals surface area contributed by atoms with E-state index in [4.69, 9.17) is 0 Å². The molecule has 0 aromatic heterocycles. The minimum Gasteiger partial charge on any atom is -0.758 e. The highest BCUT2D eigenvalue weighted by atomic mass is 16.5. The molecule has 34 heavy (non-hydrogen) atoms. The molecule has 0 fully saturated rings. The number of hydrogen-bond acceptors (Lipinski definition) is 3. The summed E-state index contributed by atoms with van der Waals surface area (Å²) in [7, 11) is 0. The topological polar surface area (TPSA) is 46.4 Å². The second kappa shape index (κ2) is 10.2. The molecule has 3 aromatic carbocycles. The maximum absolute atomic E-state index is 12.5. The fourth-order valence-electron chi connectivity index (χ4n) is 3.44. The van der Waals surface area contributed by atoms with E-state index in [2.05, 4.69) is 24.3 Å². The first-order valence-corrected chi connectivity index (χ1v) is 11.6. The van der Waals surface area contributed by atoms with Crippen molar-refractivity contribution in [3.63, 3.8) is 0 Å². The molecule has 0 amide bonds. The van der Waals surface area contributed by atoms with Crippen LogP contribution >= 0.6 is 0 Å². The molecule has 0 heterocycles. The first-order valence-electron chi connectivity index (χ1n) is 11.6. The number of nitroso groups, excluding NO2 is 1. The van der Waals surface area contributed by atoms with Gasteiger partial charge in [-0.15, -0.1) is 0 Å². The first kappa shape index (κ1) is 25.1. The van der Waals surface area contributed by atoms with E-state index >= 15 is 0 Å². The Labute approximate surface area is 203 Å². The monoisotopic (exact) mass is 454 g/mol. The number of hydrogen-bond donors (Lipinski definition) is 0. The van der Waals surface area contributed by atoms with E-state index in [9.17, 15) is 10.1 Å². The molecule has 0 aliphatic carbocycles. The van der Waals surface area contributed by atoms with Gasteiger partial charge in [0.2, 0.25) is 5.54 Å². The molecule has 0 spiro atoms. The van der Waals surface area contributed by atoms with E-state index in [0.29, 0.717) is 11.4 Å². The number of anilines is 1. The molecule has 3 rings (SSSR count). The Kier molecular flexibility index (Phi) is 7.53. The molecule has 0 aliphatic heterocycles. The van der Waals surface area contributed by atoms with Crippen molar-refractivity contribution in [3.05, 3.63) is 105 Å². The Balaban J connectivity index is 1.79. The van der Waals surface area contributed by atoms with Crippen molar-refractivity contribution in [3.8, 4) is 0 Å². The van der Waals surface area contributed by atoms with E-state index in [0.717, 1.165) is 32.1 Å². The van der Waals surface area contributed by atoms with Gasteiger partial charge in [0, 0.05) is 53.8 Å². The van der Waals surface area contributed by atoms with Gasteiger partial charge in [0.15, 0.2) is 0 Å². The summed E-state index contributed by atoms with van der Waals surface area (Å²) in [4.78, 5) is 12.4. The summed E-state index contributed by atoms with van der Waals surface area (Å²) < 4.78 is 1.03. The van der Waals surface area contributed by atoms with E-state index in [-0.39, 0.29) is 0 Å². The van der Waals surface area contributed by atoms with Crippen LogP contribution in [0.3, 0.4) is 0 Å². The highest BCUT2D eigenvalue weighted by Gasteiger charge is 2.30. The predicted octanol–water partition coefficient (Wildman–Crippen LogP) is 8.34. The van der Waals surface area contributed by atoms with Gasteiger partial charge in [-0.3, -0.25) is 0 Å². The molecule has 0 saturated carbocycles. The van der Waals surface area contributed by atoms with Gasteiger partial charge < -0.3 is 10.3 Å². The molecule has 4 nitrogen and oxygen atoms in total. The lowest BCUT2D eigenvalue weighted by atomic mass is 10.0. The Morgan fingerprint density at radius 3 is 1.79 bits per heavy atom. The van der Waals surface area contributed by atoms with Crippen molar-refractivity contribution in [2.45, 2.75) is 52.6 Å². The molecular formula is C30H34N2O2. The summed E-state index contributed by atoms with van der Waals surface area (Å²) in [6, 6.07) is 23.4. The maximum Gasteiger partial charge on any atom is 0.256 e. The zero-order chi connectivity index (χ0) is 24.9. The molecule has 0 atom stereocenters. The summed E-state index contributed by atoms with van der Waals surface area (Å²) >= 11 is 0. The van der Waals surface area contributed by atoms with E-state index in [1.54, 1.807) is 0 Å². The van der Waals surface area contributed by atoms with Gasteiger partial charge in [-0.2, -0.15) is 0 Å². The Bertz CT molecular complexity index is 1190. The number of benzene rings is 3. The average Bonchev–Trinajstić information content (AvgIpc) is 2.80. The molecule has 0 bridgehead atoms. The second-order valence-electron chi connectivity index (χ2n) is 10.4. The standard InChI is InChI=1S/C30H34N2O2/c1-29(2,3)31(33)27-20-16-23(17-21-27)14-18-25-11-7-8-12-26(25)19-15-24-10-9-13-28(22-24)32(34)30(4,5)6/h7-22H,1-6H3/b18-14+,19-15+. The molecule has 0 saturated heterocycles. The SMILES string of the molecule is CC(C)(C)N([O-])c1cccc(/C=C/c2ccccc2/C=C/c2ccc([N+](=O)C(C)(C)C)cc2)c1. The van der Waals surface area contributed by atoms with Crippen LogP contribution in [0.5, 0.6) is 0 Å². The average molecular weight is 455 g/mol. The zero-order valence-electron chi connectivity index (χ0n) is 20.9. The molecule has 4 heteroatoms. The van der Waals surface area contributed by atoms with E-state index in [1.165, 1.54) is 0 Å². The lowest BCUT2D eigenvalue weighted by Gasteiger charge is -2.43.